The summed E-state index contributed by atoms with van der Waals surface area (Å²) in [4.78, 5) is 2.50. The summed E-state index contributed by atoms with van der Waals surface area (Å²) in [7, 11) is 2.25. The maximum atomic E-state index is 6.27. The van der Waals surface area contributed by atoms with Crippen LogP contribution in [0.5, 0.6) is 0 Å². The van der Waals surface area contributed by atoms with Gasteiger partial charge in [-0.3, -0.25) is 0 Å². The van der Waals surface area contributed by atoms with E-state index in [0.717, 1.165) is 5.92 Å². The predicted octanol–water partition coefficient (Wildman–Crippen LogP) is 1.60. The Labute approximate surface area is 81.5 Å². The normalized spacial score (nSPS) is 34.2. The fourth-order valence-corrected chi connectivity index (χ4v) is 2.56. The third kappa shape index (κ3) is 2.23. The Morgan fingerprint density at radius 1 is 1.15 bits per heavy atom. The van der Waals surface area contributed by atoms with Gasteiger partial charge in [-0.2, -0.15) is 0 Å². The highest BCUT2D eigenvalue weighted by atomic mass is 15.1. The van der Waals surface area contributed by atoms with Crippen LogP contribution in [-0.4, -0.2) is 30.6 Å². The van der Waals surface area contributed by atoms with Crippen molar-refractivity contribution in [2.24, 2.45) is 11.7 Å². The van der Waals surface area contributed by atoms with Gasteiger partial charge in [0.2, 0.25) is 0 Å². The van der Waals surface area contributed by atoms with Crippen LogP contribution >= 0.6 is 0 Å². The molecule has 2 aliphatic rings. The molecular weight excluding hydrogens is 160 g/mol. The van der Waals surface area contributed by atoms with E-state index in [2.05, 4.69) is 11.9 Å². The third-order valence-electron chi connectivity index (χ3n) is 3.69. The lowest BCUT2D eigenvalue weighted by molar-refractivity contribution is 0.203. The molecule has 0 aromatic carbocycles. The van der Waals surface area contributed by atoms with Crippen LogP contribution in [0.1, 0.15) is 38.5 Å². The fourth-order valence-electron chi connectivity index (χ4n) is 2.56. The van der Waals surface area contributed by atoms with E-state index in [1.54, 1.807) is 0 Å². The van der Waals surface area contributed by atoms with E-state index >= 15 is 0 Å². The molecule has 0 amide bonds. The molecule has 2 unspecified atom stereocenters. The second-order valence-electron chi connectivity index (χ2n) is 4.81. The molecule has 0 aromatic rings. The minimum absolute atomic E-state index is 0.461. The average molecular weight is 182 g/mol. The van der Waals surface area contributed by atoms with E-state index in [0.29, 0.717) is 12.1 Å². The summed E-state index contributed by atoms with van der Waals surface area (Å²) in [5.74, 6) is 0.852. The summed E-state index contributed by atoms with van der Waals surface area (Å²) in [6, 6.07) is 1.14. The van der Waals surface area contributed by atoms with Gasteiger partial charge in [0.1, 0.15) is 0 Å². The van der Waals surface area contributed by atoms with Gasteiger partial charge in [0.05, 0.1) is 0 Å². The van der Waals surface area contributed by atoms with E-state index in [-0.39, 0.29) is 0 Å². The van der Waals surface area contributed by atoms with Crippen molar-refractivity contribution >= 4 is 0 Å². The summed E-state index contributed by atoms with van der Waals surface area (Å²) in [6.07, 6.45) is 8.24. The minimum atomic E-state index is 0.461. The molecular formula is C11H22N2. The maximum Gasteiger partial charge on any atom is 0.0246 e. The van der Waals surface area contributed by atoms with Crippen LogP contribution in [-0.2, 0) is 0 Å². The fraction of sp³-hybridized carbons (Fsp3) is 1.00. The highest BCUT2D eigenvalue weighted by molar-refractivity contribution is 4.93. The van der Waals surface area contributed by atoms with Crippen molar-refractivity contribution in [3.05, 3.63) is 0 Å². The van der Waals surface area contributed by atoms with Crippen LogP contribution in [0.25, 0.3) is 0 Å². The number of likely N-dealkylation sites (N-methyl/N-ethyl adjacent to an activating group) is 1. The first-order valence-electron chi connectivity index (χ1n) is 5.75. The van der Waals surface area contributed by atoms with Gasteiger partial charge < -0.3 is 10.6 Å². The van der Waals surface area contributed by atoms with Crippen LogP contribution in [0, 0.1) is 5.92 Å². The molecule has 0 aromatic heterocycles. The lowest BCUT2D eigenvalue weighted by Gasteiger charge is -2.31. The molecule has 13 heavy (non-hydrogen) atoms. The number of likely N-dealkylation sites (tertiary alicyclic amines) is 1. The third-order valence-corrected chi connectivity index (χ3v) is 3.69. The Morgan fingerprint density at radius 3 is 2.62 bits per heavy atom. The minimum Gasteiger partial charge on any atom is -0.326 e. The van der Waals surface area contributed by atoms with Crippen molar-refractivity contribution < 1.29 is 0 Å². The van der Waals surface area contributed by atoms with Gasteiger partial charge in [-0.15, -0.1) is 0 Å². The molecule has 1 aliphatic carbocycles. The van der Waals surface area contributed by atoms with Gasteiger partial charge in [0.25, 0.3) is 0 Å². The van der Waals surface area contributed by atoms with Crippen LogP contribution in [0.2, 0.25) is 0 Å². The molecule has 0 radical (unpaired) electrons. The monoisotopic (exact) mass is 182 g/mol. The van der Waals surface area contributed by atoms with E-state index in [4.69, 9.17) is 5.73 Å². The van der Waals surface area contributed by atoms with Gasteiger partial charge in [-0.1, -0.05) is 12.8 Å². The van der Waals surface area contributed by atoms with Crippen LogP contribution < -0.4 is 5.73 Å². The van der Waals surface area contributed by atoms with Crippen molar-refractivity contribution in [2.75, 3.05) is 13.6 Å². The van der Waals surface area contributed by atoms with Crippen molar-refractivity contribution in [2.45, 2.75) is 50.6 Å². The second kappa shape index (κ2) is 3.97. The van der Waals surface area contributed by atoms with Gasteiger partial charge in [-0.25, -0.2) is 0 Å². The molecule has 1 saturated carbocycles. The lowest BCUT2D eigenvalue weighted by Crippen LogP contribution is -2.46. The SMILES string of the molecule is CN1CCCCCC1C(N)C1CC1. The smallest absolute Gasteiger partial charge is 0.0246 e. The van der Waals surface area contributed by atoms with E-state index in [9.17, 15) is 0 Å². The second-order valence-corrected chi connectivity index (χ2v) is 4.81. The summed E-state index contributed by atoms with van der Waals surface area (Å²) in [5.41, 5.74) is 6.27. The zero-order valence-corrected chi connectivity index (χ0v) is 8.71. The first-order valence-corrected chi connectivity index (χ1v) is 5.75. The maximum absolute atomic E-state index is 6.27. The highest BCUT2D eigenvalue weighted by Gasteiger charge is 2.35. The Hall–Kier alpha value is -0.0800. The zero-order valence-electron chi connectivity index (χ0n) is 8.71. The molecule has 2 N–H and O–H groups in total. The van der Waals surface area contributed by atoms with Crippen LogP contribution in [0.3, 0.4) is 0 Å². The number of nitrogens with zero attached hydrogens (tertiary/aromatic N) is 1. The molecule has 2 fully saturated rings. The van der Waals surface area contributed by atoms with E-state index < -0.39 is 0 Å². The van der Waals surface area contributed by atoms with Gasteiger partial charge in [0.15, 0.2) is 0 Å². The highest BCUT2D eigenvalue weighted by Crippen LogP contribution is 2.35. The van der Waals surface area contributed by atoms with Crippen molar-refractivity contribution in [3.63, 3.8) is 0 Å². The number of nitrogens with two attached hydrogens (primary N) is 1. The largest absolute Gasteiger partial charge is 0.326 e. The molecule has 2 heteroatoms. The Kier molecular flexibility index (Phi) is 2.89. The van der Waals surface area contributed by atoms with Crippen LogP contribution in [0.4, 0.5) is 0 Å². The average Bonchev–Trinajstić information content (AvgIpc) is 2.89. The number of hydrogen-bond donors (Lipinski definition) is 1. The zero-order chi connectivity index (χ0) is 9.26. The molecule has 2 rings (SSSR count). The molecule has 1 heterocycles. The molecule has 2 atom stereocenters. The van der Waals surface area contributed by atoms with Gasteiger partial charge >= 0.3 is 0 Å². The lowest BCUT2D eigenvalue weighted by atomic mass is 9.99. The Morgan fingerprint density at radius 2 is 1.92 bits per heavy atom. The molecule has 76 valence electrons. The summed E-state index contributed by atoms with van der Waals surface area (Å²) < 4.78 is 0. The Balaban J connectivity index is 1.92. The van der Waals surface area contributed by atoms with Gasteiger partial charge in [0, 0.05) is 12.1 Å². The Bertz CT molecular complexity index is 165. The van der Waals surface area contributed by atoms with Crippen molar-refractivity contribution in [1.82, 2.24) is 4.90 Å². The van der Waals surface area contributed by atoms with Crippen molar-refractivity contribution in [3.8, 4) is 0 Å². The molecule has 0 spiro atoms. The molecule has 0 bridgehead atoms. The van der Waals surface area contributed by atoms with Crippen molar-refractivity contribution in [1.29, 1.82) is 0 Å². The first-order chi connectivity index (χ1) is 6.29. The number of rotatable bonds is 2. The van der Waals surface area contributed by atoms with E-state index in [1.807, 2.05) is 0 Å². The summed E-state index contributed by atoms with van der Waals surface area (Å²) in [6.45, 7) is 1.26. The van der Waals surface area contributed by atoms with E-state index in [1.165, 1.54) is 45.1 Å². The topological polar surface area (TPSA) is 29.3 Å². The first kappa shape index (κ1) is 9.47. The molecule has 1 saturated heterocycles. The standard InChI is InChI=1S/C11H22N2/c1-13-8-4-2-3-5-10(13)11(12)9-6-7-9/h9-11H,2-8,12H2,1H3. The predicted molar refractivity (Wildman–Crippen MR) is 55.6 cm³/mol. The quantitative estimate of drug-likeness (QED) is 0.703. The summed E-state index contributed by atoms with van der Waals surface area (Å²) in [5, 5.41) is 0. The molecule has 2 nitrogen and oxygen atoms in total. The molecule has 1 aliphatic heterocycles. The summed E-state index contributed by atoms with van der Waals surface area (Å²) >= 11 is 0. The van der Waals surface area contributed by atoms with Gasteiger partial charge in [-0.05, 0) is 45.2 Å². The van der Waals surface area contributed by atoms with Crippen LogP contribution in [0.15, 0.2) is 0 Å². The number of hydrogen-bond acceptors (Lipinski definition) is 2.